The zero-order valence-electron chi connectivity index (χ0n) is 17.5. The summed E-state index contributed by atoms with van der Waals surface area (Å²) in [7, 11) is 1.80. The maximum absolute atomic E-state index is 13.3. The number of rotatable bonds is 6. The number of benzene rings is 2. The molecule has 30 heavy (non-hydrogen) atoms. The average Bonchev–Trinajstić information content (AvgIpc) is 3.32. The lowest BCUT2D eigenvalue weighted by Gasteiger charge is -2.22. The van der Waals surface area contributed by atoms with Crippen LogP contribution in [0.15, 0.2) is 67.0 Å². The Labute approximate surface area is 176 Å². The van der Waals surface area contributed by atoms with Crippen molar-refractivity contribution in [2.75, 3.05) is 0 Å². The Hall–Kier alpha value is -3.67. The van der Waals surface area contributed by atoms with Crippen LogP contribution in [0.25, 0.3) is 11.1 Å². The minimum Gasteiger partial charge on any atom is -0.348 e. The van der Waals surface area contributed by atoms with Gasteiger partial charge in [0.25, 0.3) is 5.91 Å². The molecule has 2 heterocycles. The van der Waals surface area contributed by atoms with Gasteiger partial charge in [-0.05, 0) is 36.6 Å². The largest absolute Gasteiger partial charge is 0.348 e. The van der Waals surface area contributed by atoms with Crippen molar-refractivity contribution in [3.05, 3.63) is 95.3 Å². The summed E-state index contributed by atoms with van der Waals surface area (Å²) in [5.74, 6) is -0.0624. The number of aromatic nitrogens is 4. The number of nitrogens with zero attached hydrogens (tertiary/aromatic N) is 4. The van der Waals surface area contributed by atoms with Crippen LogP contribution in [0.4, 0.5) is 0 Å². The van der Waals surface area contributed by atoms with Gasteiger partial charge in [-0.2, -0.15) is 5.10 Å². The normalized spacial score (nSPS) is 10.9. The van der Waals surface area contributed by atoms with E-state index in [4.69, 9.17) is 0 Å². The first-order chi connectivity index (χ1) is 14.5. The molecule has 0 radical (unpaired) electrons. The third-order valence-corrected chi connectivity index (χ3v) is 5.22. The van der Waals surface area contributed by atoms with E-state index in [-0.39, 0.29) is 5.91 Å². The molecular weight excluding hydrogens is 374 g/mol. The van der Waals surface area contributed by atoms with Gasteiger partial charge in [-0.15, -0.1) is 0 Å². The van der Waals surface area contributed by atoms with Gasteiger partial charge in [0.1, 0.15) is 5.69 Å². The number of H-pyrrole nitrogens is 1. The number of carbonyl (C=O) groups excluding carboxylic acids is 1. The topological polar surface area (TPSA) is 66.8 Å². The molecular formula is C24H25N5O. The molecule has 0 saturated heterocycles. The first kappa shape index (κ1) is 19.6. The molecule has 0 saturated carbocycles. The van der Waals surface area contributed by atoms with E-state index < -0.39 is 0 Å². The molecule has 1 N–H and O–H groups in total. The number of amides is 1. The number of aromatic amines is 1. The molecule has 6 heteroatoms. The number of hydrogen-bond acceptors (Lipinski definition) is 3. The Balaban J connectivity index is 1.60. The zero-order valence-corrected chi connectivity index (χ0v) is 17.5. The van der Waals surface area contributed by atoms with E-state index in [1.165, 1.54) is 5.56 Å². The molecule has 4 aromatic rings. The second-order valence-electron chi connectivity index (χ2n) is 7.49. The van der Waals surface area contributed by atoms with Crippen LogP contribution in [-0.4, -0.2) is 30.6 Å². The van der Waals surface area contributed by atoms with E-state index in [0.29, 0.717) is 18.8 Å². The second kappa shape index (κ2) is 8.37. The zero-order chi connectivity index (χ0) is 21.1. The van der Waals surface area contributed by atoms with Gasteiger partial charge < -0.3 is 9.88 Å². The Morgan fingerprint density at radius 3 is 2.30 bits per heavy atom. The second-order valence-corrected chi connectivity index (χ2v) is 7.49. The van der Waals surface area contributed by atoms with Gasteiger partial charge in [0.05, 0.1) is 24.3 Å². The lowest BCUT2D eigenvalue weighted by atomic mass is 10.0. The predicted molar refractivity (Wildman–Crippen MR) is 117 cm³/mol. The van der Waals surface area contributed by atoms with Gasteiger partial charge in [-0.25, -0.2) is 4.98 Å². The molecule has 0 aliphatic rings. The number of hydrogen-bond donors (Lipinski definition) is 1. The van der Waals surface area contributed by atoms with Gasteiger partial charge in [-0.3, -0.25) is 9.48 Å². The van der Waals surface area contributed by atoms with Crippen LogP contribution in [-0.2, 0) is 20.1 Å². The Morgan fingerprint density at radius 1 is 1.00 bits per heavy atom. The summed E-state index contributed by atoms with van der Waals surface area (Å²) in [6, 6.07) is 20.4. The maximum Gasteiger partial charge on any atom is 0.272 e. The maximum atomic E-state index is 13.3. The summed E-state index contributed by atoms with van der Waals surface area (Å²) >= 11 is 0. The first-order valence-corrected chi connectivity index (χ1v) is 9.94. The number of imidazole rings is 1. The molecule has 6 nitrogen and oxygen atoms in total. The van der Waals surface area contributed by atoms with Gasteiger partial charge in [0, 0.05) is 19.3 Å². The molecule has 0 spiro atoms. The monoisotopic (exact) mass is 399 g/mol. The highest BCUT2D eigenvalue weighted by Crippen LogP contribution is 2.21. The molecule has 0 fully saturated rings. The lowest BCUT2D eigenvalue weighted by Crippen LogP contribution is -2.32. The highest BCUT2D eigenvalue weighted by Gasteiger charge is 2.22. The smallest absolute Gasteiger partial charge is 0.272 e. The van der Waals surface area contributed by atoms with Crippen molar-refractivity contribution in [1.82, 2.24) is 24.6 Å². The molecule has 2 aromatic carbocycles. The molecule has 152 valence electrons. The van der Waals surface area contributed by atoms with E-state index in [1.807, 2.05) is 43.0 Å². The van der Waals surface area contributed by atoms with E-state index >= 15 is 0 Å². The molecule has 0 bridgehead atoms. The van der Waals surface area contributed by atoms with Gasteiger partial charge in [0.2, 0.25) is 0 Å². The standard InChI is InChI=1S/C24H25N5O/c1-17-13-23(28(3)27-17)24(30)29(15-22-18(2)25-16-26-22)14-19-9-11-21(12-10-19)20-7-5-4-6-8-20/h4-13,16H,14-15H2,1-3H3,(H,25,26). The van der Waals surface area contributed by atoms with Gasteiger partial charge >= 0.3 is 0 Å². The van der Waals surface area contributed by atoms with Crippen molar-refractivity contribution in [2.45, 2.75) is 26.9 Å². The van der Waals surface area contributed by atoms with Crippen LogP contribution < -0.4 is 0 Å². The van der Waals surface area contributed by atoms with Crippen LogP contribution in [0.1, 0.15) is 33.1 Å². The van der Waals surface area contributed by atoms with Gasteiger partial charge in [-0.1, -0.05) is 54.6 Å². The third-order valence-electron chi connectivity index (χ3n) is 5.22. The van der Waals surface area contributed by atoms with Crippen molar-refractivity contribution in [3.63, 3.8) is 0 Å². The number of aryl methyl sites for hydroxylation is 3. The highest BCUT2D eigenvalue weighted by atomic mass is 16.2. The molecule has 0 aliphatic carbocycles. The quantitative estimate of drug-likeness (QED) is 0.526. The first-order valence-electron chi connectivity index (χ1n) is 9.94. The van der Waals surface area contributed by atoms with Crippen molar-refractivity contribution < 1.29 is 4.79 Å². The van der Waals surface area contributed by atoms with Crippen molar-refractivity contribution >= 4 is 5.91 Å². The van der Waals surface area contributed by atoms with Crippen LogP contribution >= 0.6 is 0 Å². The van der Waals surface area contributed by atoms with E-state index in [1.54, 1.807) is 18.1 Å². The minimum atomic E-state index is -0.0624. The summed E-state index contributed by atoms with van der Waals surface area (Å²) in [5.41, 5.74) is 6.62. The van der Waals surface area contributed by atoms with Crippen LogP contribution in [0.3, 0.4) is 0 Å². The van der Waals surface area contributed by atoms with E-state index in [2.05, 4.69) is 51.5 Å². The van der Waals surface area contributed by atoms with Crippen molar-refractivity contribution in [1.29, 1.82) is 0 Å². The van der Waals surface area contributed by atoms with Crippen LogP contribution in [0.5, 0.6) is 0 Å². The SMILES string of the molecule is Cc1cc(C(=O)N(Cc2ccc(-c3ccccc3)cc2)Cc2nc[nH]c2C)n(C)n1. The fourth-order valence-corrected chi connectivity index (χ4v) is 3.55. The Bertz CT molecular complexity index is 1140. The molecule has 1 amide bonds. The van der Waals surface area contributed by atoms with Crippen molar-refractivity contribution in [2.24, 2.45) is 7.05 Å². The Kier molecular flexibility index (Phi) is 5.48. The Morgan fingerprint density at radius 2 is 1.70 bits per heavy atom. The van der Waals surface area contributed by atoms with Crippen LogP contribution in [0.2, 0.25) is 0 Å². The summed E-state index contributed by atoms with van der Waals surface area (Å²) in [6.45, 7) is 4.78. The number of carbonyl (C=O) groups is 1. The molecule has 0 unspecified atom stereocenters. The summed E-state index contributed by atoms with van der Waals surface area (Å²) in [4.78, 5) is 22.6. The van der Waals surface area contributed by atoms with E-state index in [0.717, 1.165) is 28.2 Å². The number of nitrogens with one attached hydrogen (secondary N) is 1. The predicted octanol–water partition coefficient (Wildman–Crippen LogP) is 4.27. The van der Waals surface area contributed by atoms with Crippen molar-refractivity contribution in [3.8, 4) is 11.1 Å². The summed E-state index contributed by atoms with van der Waals surface area (Å²) in [5, 5.41) is 4.33. The minimum absolute atomic E-state index is 0.0624. The van der Waals surface area contributed by atoms with Crippen LogP contribution in [0, 0.1) is 13.8 Å². The van der Waals surface area contributed by atoms with Gasteiger partial charge in [0.15, 0.2) is 0 Å². The molecule has 2 aromatic heterocycles. The van der Waals surface area contributed by atoms with E-state index in [9.17, 15) is 4.79 Å². The summed E-state index contributed by atoms with van der Waals surface area (Å²) < 4.78 is 1.64. The highest BCUT2D eigenvalue weighted by molar-refractivity contribution is 5.92. The summed E-state index contributed by atoms with van der Waals surface area (Å²) in [6.07, 6.45) is 1.66. The molecule has 0 aliphatic heterocycles. The lowest BCUT2D eigenvalue weighted by molar-refractivity contribution is 0.0716. The average molecular weight is 399 g/mol. The molecule has 4 rings (SSSR count). The third kappa shape index (κ3) is 4.17. The fraction of sp³-hybridized carbons (Fsp3) is 0.208. The fourth-order valence-electron chi connectivity index (χ4n) is 3.55. The molecule has 0 atom stereocenters.